The molecule has 0 fully saturated rings. The Bertz CT molecular complexity index is 394. The highest BCUT2D eigenvalue weighted by Crippen LogP contribution is 2.14. The zero-order valence-corrected chi connectivity index (χ0v) is 14.2. The lowest BCUT2D eigenvalue weighted by molar-refractivity contribution is 0.939. The van der Waals surface area contributed by atoms with E-state index in [0.717, 1.165) is 0 Å². The molecule has 0 saturated carbocycles. The summed E-state index contributed by atoms with van der Waals surface area (Å²) in [5, 5.41) is 6.54. The highest BCUT2D eigenvalue weighted by Gasteiger charge is 1.92. The monoisotopic (exact) mass is 282 g/mol. The number of hydrogen-bond donors (Lipinski definition) is 0. The summed E-state index contributed by atoms with van der Waals surface area (Å²) in [7, 11) is 0. The van der Waals surface area contributed by atoms with E-state index in [-0.39, 0.29) is 0 Å². The van der Waals surface area contributed by atoms with Gasteiger partial charge in [0.2, 0.25) is 0 Å². The van der Waals surface area contributed by atoms with Crippen molar-refractivity contribution in [3.63, 3.8) is 0 Å². The normalized spacial score (nSPS) is 9.00. The van der Waals surface area contributed by atoms with E-state index in [4.69, 9.17) is 0 Å². The molecule has 0 aromatic carbocycles. The number of hydrogen-bond acceptors (Lipinski definition) is 2. The van der Waals surface area contributed by atoms with Gasteiger partial charge in [-0.2, -0.15) is 11.3 Å². The first-order chi connectivity index (χ1) is 8.63. The van der Waals surface area contributed by atoms with Gasteiger partial charge in [-0.05, 0) is 66.1 Å². The van der Waals surface area contributed by atoms with Crippen LogP contribution >= 0.6 is 22.7 Å². The molecule has 0 unspecified atom stereocenters. The van der Waals surface area contributed by atoms with Gasteiger partial charge in [0, 0.05) is 4.88 Å². The second-order valence-corrected chi connectivity index (χ2v) is 5.82. The Morgan fingerprint density at radius 3 is 1.78 bits per heavy atom. The highest BCUT2D eigenvalue weighted by molar-refractivity contribution is 7.10. The first-order valence-corrected chi connectivity index (χ1v) is 8.49. The molecule has 2 heterocycles. The lowest BCUT2D eigenvalue weighted by Gasteiger charge is -1.86. The van der Waals surface area contributed by atoms with E-state index in [1.807, 2.05) is 25.2 Å². The molecule has 0 saturated heterocycles. The predicted molar refractivity (Wildman–Crippen MR) is 88.2 cm³/mol. The molecule has 0 aliphatic heterocycles. The summed E-state index contributed by atoms with van der Waals surface area (Å²) in [6.07, 6.45) is 2.51. The average molecular weight is 283 g/mol. The standard InChI is InChI=1S/C8H12S.C6H8S.C2H6/c1-3-4-8-5-7(2)6-9-8;1-5-3-7-4-6(5)2;1-2/h5-6H,3-4H2,1-2H3;3-4H,1-2H3;1-2H3. The van der Waals surface area contributed by atoms with Crippen LogP contribution in [0.5, 0.6) is 0 Å². The Hall–Kier alpha value is -0.600. The van der Waals surface area contributed by atoms with E-state index in [0.29, 0.717) is 0 Å². The van der Waals surface area contributed by atoms with Crippen LogP contribution in [0.25, 0.3) is 0 Å². The molecule has 0 bridgehead atoms. The van der Waals surface area contributed by atoms with Crippen molar-refractivity contribution in [2.24, 2.45) is 0 Å². The first kappa shape index (κ1) is 17.4. The van der Waals surface area contributed by atoms with E-state index in [1.54, 1.807) is 11.3 Å². The maximum Gasteiger partial charge on any atom is 0.00478 e. The van der Waals surface area contributed by atoms with Gasteiger partial charge in [-0.15, -0.1) is 11.3 Å². The van der Waals surface area contributed by atoms with Crippen molar-refractivity contribution in [3.8, 4) is 0 Å². The van der Waals surface area contributed by atoms with E-state index >= 15 is 0 Å². The molecule has 0 amide bonds. The van der Waals surface area contributed by atoms with Gasteiger partial charge in [-0.3, -0.25) is 0 Å². The van der Waals surface area contributed by atoms with Crippen LogP contribution in [0.15, 0.2) is 22.2 Å². The molecule has 0 aliphatic rings. The predicted octanol–water partition coefficient (Wildman–Crippen LogP) is 6.40. The van der Waals surface area contributed by atoms with Crippen molar-refractivity contribution in [2.75, 3.05) is 0 Å². The highest BCUT2D eigenvalue weighted by atomic mass is 32.1. The van der Waals surface area contributed by atoms with Crippen LogP contribution in [0.2, 0.25) is 0 Å². The molecular weight excluding hydrogens is 256 g/mol. The van der Waals surface area contributed by atoms with Crippen LogP contribution in [0.3, 0.4) is 0 Å². The summed E-state index contributed by atoms with van der Waals surface area (Å²) in [6.45, 7) is 12.6. The fourth-order valence-corrected chi connectivity index (χ4v) is 3.12. The fourth-order valence-electron chi connectivity index (χ4n) is 1.29. The van der Waals surface area contributed by atoms with Crippen molar-refractivity contribution in [2.45, 2.75) is 54.4 Å². The van der Waals surface area contributed by atoms with Crippen LogP contribution in [0, 0.1) is 20.8 Å². The summed E-state index contributed by atoms with van der Waals surface area (Å²) in [4.78, 5) is 1.52. The van der Waals surface area contributed by atoms with Gasteiger partial charge >= 0.3 is 0 Å². The zero-order chi connectivity index (χ0) is 14.0. The molecule has 2 aromatic rings. The topological polar surface area (TPSA) is 0 Å². The largest absolute Gasteiger partial charge is 0.152 e. The summed E-state index contributed by atoms with van der Waals surface area (Å²) < 4.78 is 0. The summed E-state index contributed by atoms with van der Waals surface area (Å²) >= 11 is 3.64. The summed E-state index contributed by atoms with van der Waals surface area (Å²) in [6, 6.07) is 2.27. The smallest absolute Gasteiger partial charge is 0.00478 e. The lowest BCUT2D eigenvalue weighted by atomic mass is 10.2. The zero-order valence-electron chi connectivity index (χ0n) is 12.5. The van der Waals surface area contributed by atoms with E-state index in [2.05, 4.69) is 49.9 Å². The molecule has 18 heavy (non-hydrogen) atoms. The third kappa shape index (κ3) is 6.97. The molecule has 2 rings (SSSR count). The van der Waals surface area contributed by atoms with Crippen molar-refractivity contribution in [1.29, 1.82) is 0 Å². The quantitative estimate of drug-likeness (QED) is 0.598. The third-order valence-electron chi connectivity index (χ3n) is 2.39. The van der Waals surface area contributed by atoms with E-state index in [1.165, 1.54) is 34.4 Å². The van der Waals surface area contributed by atoms with Crippen molar-refractivity contribution < 1.29 is 0 Å². The van der Waals surface area contributed by atoms with Crippen molar-refractivity contribution in [3.05, 3.63) is 43.8 Å². The molecule has 0 N–H and O–H groups in total. The third-order valence-corrected chi connectivity index (χ3v) is 4.49. The Morgan fingerprint density at radius 1 is 0.944 bits per heavy atom. The van der Waals surface area contributed by atoms with Crippen LogP contribution in [0.1, 0.15) is 48.8 Å². The van der Waals surface area contributed by atoms with Gasteiger partial charge in [0.25, 0.3) is 0 Å². The molecule has 2 heteroatoms. The van der Waals surface area contributed by atoms with Gasteiger partial charge in [0.15, 0.2) is 0 Å². The molecule has 0 radical (unpaired) electrons. The minimum atomic E-state index is 1.25. The molecule has 0 aliphatic carbocycles. The number of thiophene rings is 2. The molecule has 0 atom stereocenters. The SMILES string of the molecule is CC.CCCc1cc(C)cs1.Cc1cscc1C. The fraction of sp³-hybridized carbons (Fsp3) is 0.500. The van der Waals surface area contributed by atoms with Gasteiger partial charge in [-0.25, -0.2) is 0 Å². The minimum Gasteiger partial charge on any atom is -0.152 e. The Morgan fingerprint density at radius 2 is 1.50 bits per heavy atom. The summed E-state index contributed by atoms with van der Waals surface area (Å²) in [5.41, 5.74) is 4.22. The van der Waals surface area contributed by atoms with Crippen LogP contribution in [-0.4, -0.2) is 0 Å². The van der Waals surface area contributed by atoms with Crippen LogP contribution < -0.4 is 0 Å². The van der Waals surface area contributed by atoms with Gasteiger partial charge in [0.05, 0.1) is 0 Å². The Labute approximate surface area is 121 Å². The second-order valence-electron chi connectivity index (χ2n) is 4.08. The van der Waals surface area contributed by atoms with Gasteiger partial charge < -0.3 is 0 Å². The van der Waals surface area contributed by atoms with Gasteiger partial charge in [-0.1, -0.05) is 27.2 Å². The minimum absolute atomic E-state index is 1.25. The van der Waals surface area contributed by atoms with Crippen LogP contribution in [-0.2, 0) is 6.42 Å². The second kappa shape index (κ2) is 10.3. The van der Waals surface area contributed by atoms with E-state index in [9.17, 15) is 0 Å². The Balaban J connectivity index is 0.000000289. The number of rotatable bonds is 2. The maximum absolute atomic E-state index is 2.27. The molecule has 102 valence electrons. The van der Waals surface area contributed by atoms with Crippen molar-refractivity contribution in [1.82, 2.24) is 0 Å². The average Bonchev–Trinajstić information content (AvgIpc) is 2.94. The lowest BCUT2D eigenvalue weighted by Crippen LogP contribution is -1.72. The Kier molecular flexibility index (Phi) is 9.99. The summed E-state index contributed by atoms with van der Waals surface area (Å²) in [5.74, 6) is 0. The van der Waals surface area contributed by atoms with E-state index < -0.39 is 0 Å². The molecule has 0 nitrogen and oxygen atoms in total. The van der Waals surface area contributed by atoms with Gasteiger partial charge in [0.1, 0.15) is 0 Å². The maximum atomic E-state index is 2.27. The first-order valence-electron chi connectivity index (χ1n) is 6.67. The van der Waals surface area contributed by atoms with Crippen molar-refractivity contribution >= 4 is 22.7 Å². The number of aryl methyl sites for hydroxylation is 4. The molecular formula is C16H26S2. The molecule has 0 spiro atoms. The molecule has 2 aromatic heterocycles. The van der Waals surface area contributed by atoms with Crippen LogP contribution in [0.4, 0.5) is 0 Å².